The van der Waals surface area contributed by atoms with E-state index < -0.39 is 0 Å². The van der Waals surface area contributed by atoms with Crippen molar-refractivity contribution in [2.75, 3.05) is 13.1 Å². The zero-order valence-corrected chi connectivity index (χ0v) is 12.4. The van der Waals surface area contributed by atoms with E-state index in [0.717, 1.165) is 25.1 Å². The van der Waals surface area contributed by atoms with E-state index in [1.807, 2.05) is 4.90 Å². The Balaban J connectivity index is 2.05. The molecule has 0 radical (unpaired) electrons. The Morgan fingerprint density at radius 3 is 2.95 bits per heavy atom. The monoisotopic (exact) mass is 297 g/mol. The lowest BCUT2D eigenvalue weighted by molar-refractivity contribution is -0.127. The Kier molecular flexibility index (Phi) is 4.89. The van der Waals surface area contributed by atoms with Crippen LogP contribution in [0.3, 0.4) is 0 Å². The van der Waals surface area contributed by atoms with Crippen LogP contribution < -0.4 is 0 Å². The first-order valence-corrected chi connectivity index (χ1v) is 7.24. The Labute approximate surface area is 124 Å². The number of hydrogen-bond acceptors (Lipinski definition) is 1. The van der Waals surface area contributed by atoms with Gasteiger partial charge < -0.3 is 4.90 Å². The summed E-state index contributed by atoms with van der Waals surface area (Å²) >= 11 is 12.0. The van der Waals surface area contributed by atoms with Gasteiger partial charge in [-0.2, -0.15) is 0 Å². The van der Waals surface area contributed by atoms with Gasteiger partial charge in [0.2, 0.25) is 5.91 Å². The fourth-order valence-electron chi connectivity index (χ4n) is 2.30. The molecule has 1 saturated heterocycles. The minimum absolute atomic E-state index is 0.0441. The molecule has 1 aromatic rings. The summed E-state index contributed by atoms with van der Waals surface area (Å²) in [6.45, 7) is 3.86. The van der Waals surface area contributed by atoms with E-state index in [2.05, 4.69) is 6.92 Å². The fourth-order valence-corrected chi connectivity index (χ4v) is 2.66. The third-order valence-electron chi connectivity index (χ3n) is 3.33. The van der Waals surface area contributed by atoms with Crippen molar-refractivity contribution < 1.29 is 4.79 Å². The van der Waals surface area contributed by atoms with Gasteiger partial charge in [-0.25, -0.2) is 0 Å². The van der Waals surface area contributed by atoms with E-state index in [4.69, 9.17) is 23.2 Å². The van der Waals surface area contributed by atoms with Crippen LogP contribution in [0.4, 0.5) is 0 Å². The van der Waals surface area contributed by atoms with Crippen LogP contribution >= 0.6 is 23.2 Å². The number of halogens is 2. The van der Waals surface area contributed by atoms with Crippen molar-refractivity contribution >= 4 is 35.2 Å². The van der Waals surface area contributed by atoms with Crippen LogP contribution in [0, 0.1) is 5.92 Å². The molecule has 19 heavy (non-hydrogen) atoms. The van der Waals surface area contributed by atoms with Crippen molar-refractivity contribution in [1.82, 2.24) is 4.90 Å². The summed E-state index contributed by atoms with van der Waals surface area (Å²) in [5.74, 6) is 0.628. The van der Waals surface area contributed by atoms with Gasteiger partial charge in [-0.3, -0.25) is 4.79 Å². The Morgan fingerprint density at radius 1 is 1.42 bits per heavy atom. The maximum Gasteiger partial charge on any atom is 0.246 e. The van der Waals surface area contributed by atoms with Gasteiger partial charge in [-0.05, 0) is 48.6 Å². The second-order valence-electron chi connectivity index (χ2n) is 5.03. The molecule has 0 aliphatic carbocycles. The lowest BCUT2D eigenvalue weighted by atomic mass is 10.0. The molecule has 102 valence electrons. The van der Waals surface area contributed by atoms with Crippen LogP contribution in [-0.4, -0.2) is 23.9 Å². The second-order valence-corrected chi connectivity index (χ2v) is 5.87. The number of hydrogen-bond donors (Lipinski definition) is 0. The third kappa shape index (κ3) is 3.99. The molecule has 1 unspecified atom stereocenters. The van der Waals surface area contributed by atoms with Gasteiger partial charge in [0.1, 0.15) is 0 Å². The van der Waals surface area contributed by atoms with Gasteiger partial charge in [0, 0.05) is 29.2 Å². The Bertz CT molecular complexity index is 499. The molecule has 0 bridgehead atoms. The molecule has 0 N–H and O–H groups in total. The van der Waals surface area contributed by atoms with Gasteiger partial charge in [-0.1, -0.05) is 30.1 Å². The molecule has 2 rings (SSSR count). The number of benzene rings is 1. The molecule has 1 amide bonds. The zero-order chi connectivity index (χ0) is 13.8. The molecule has 1 aliphatic rings. The Hall–Kier alpha value is -0.990. The van der Waals surface area contributed by atoms with Crippen molar-refractivity contribution in [3.8, 4) is 0 Å². The maximum absolute atomic E-state index is 12.1. The van der Waals surface area contributed by atoms with Crippen molar-refractivity contribution in [3.05, 3.63) is 39.9 Å². The predicted molar refractivity (Wildman–Crippen MR) is 80.5 cm³/mol. The number of amides is 1. The molecule has 1 atom stereocenters. The first-order valence-electron chi connectivity index (χ1n) is 6.48. The standard InChI is InChI=1S/C15H17Cl2NO/c1-11-3-2-8-18(10-11)15(19)7-4-12-9-13(16)5-6-14(12)17/h4-7,9,11H,2-3,8,10H2,1H3/b7-4+. The van der Waals surface area contributed by atoms with E-state index >= 15 is 0 Å². The van der Waals surface area contributed by atoms with Crippen LogP contribution in [0.2, 0.25) is 10.0 Å². The van der Waals surface area contributed by atoms with E-state index in [9.17, 15) is 4.79 Å². The van der Waals surface area contributed by atoms with Crippen molar-refractivity contribution in [2.24, 2.45) is 5.92 Å². The topological polar surface area (TPSA) is 20.3 Å². The average Bonchev–Trinajstić information content (AvgIpc) is 2.39. The van der Waals surface area contributed by atoms with E-state index in [-0.39, 0.29) is 5.91 Å². The highest BCUT2D eigenvalue weighted by molar-refractivity contribution is 6.34. The largest absolute Gasteiger partial charge is 0.339 e. The highest BCUT2D eigenvalue weighted by Gasteiger charge is 2.18. The SMILES string of the molecule is CC1CCCN(C(=O)/C=C/c2cc(Cl)ccc2Cl)C1. The third-order valence-corrected chi connectivity index (χ3v) is 3.91. The second kappa shape index (κ2) is 6.44. The molecule has 0 saturated carbocycles. The van der Waals surface area contributed by atoms with Gasteiger partial charge in [0.15, 0.2) is 0 Å². The lowest BCUT2D eigenvalue weighted by Gasteiger charge is -2.30. The molecule has 1 heterocycles. The summed E-state index contributed by atoms with van der Waals surface area (Å²) in [6, 6.07) is 5.22. The van der Waals surface area contributed by atoms with E-state index in [0.29, 0.717) is 16.0 Å². The quantitative estimate of drug-likeness (QED) is 0.747. The summed E-state index contributed by atoms with van der Waals surface area (Å²) < 4.78 is 0. The number of piperidine rings is 1. The van der Waals surface area contributed by atoms with Gasteiger partial charge in [-0.15, -0.1) is 0 Å². The van der Waals surface area contributed by atoms with Gasteiger partial charge in [0.25, 0.3) is 0 Å². The summed E-state index contributed by atoms with van der Waals surface area (Å²) in [5.41, 5.74) is 0.771. The van der Waals surface area contributed by atoms with Crippen LogP contribution in [0.5, 0.6) is 0 Å². The summed E-state index contributed by atoms with van der Waals surface area (Å²) in [7, 11) is 0. The van der Waals surface area contributed by atoms with E-state index in [1.54, 1.807) is 30.4 Å². The van der Waals surface area contributed by atoms with Crippen molar-refractivity contribution in [1.29, 1.82) is 0 Å². The van der Waals surface area contributed by atoms with Crippen LogP contribution in [0.1, 0.15) is 25.3 Å². The fraction of sp³-hybridized carbons (Fsp3) is 0.400. The first kappa shape index (κ1) is 14.4. The molecular weight excluding hydrogens is 281 g/mol. The van der Waals surface area contributed by atoms with Crippen molar-refractivity contribution in [3.63, 3.8) is 0 Å². The maximum atomic E-state index is 12.1. The summed E-state index contributed by atoms with van der Waals surface area (Å²) in [5, 5.41) is 1.21. The highest BCUT2D eigenvalue weighted by atomic mass is 35.5. The molecule has 2 nitrogen and oxygen atoms in total. The molecule has 4 heteroatoms. The molecule has 1 aliphatic heterocycles. The molecule has 0 spiro atoms. The van der Waals surface area contributed by atoms with Crippen LogP contribution in [-0.2, 0) is 4.79 Å². The zero-order valence-electron chi connectivity index (χ0n) is 10.9. The summed E-state index contributed by atoms with van der Waals surface area (Å²) in [4.78, 5) is 14.0. The number of nitrogens with zero attached hydrogens (tertiary/aromatic N) is 1. The molecule has 0 aromatic heterocycles. The molecular formula is C15H17Cl2NO. The number of carbonyl (C=O) groups is 1. The summed E-state index contributed by atoms with van der Waals surface area (Å²) in [6.07, 6.45) is 5.59. The minimum atomic E-state index is 0.0441. The van der Waals surface area contributed by atoms with Gasteiger partial charge >= 0.3 is 0 Å². The average molecular weight is 298 g/mol. The molecule has 1 fully saturated rings. The normalized spacial score (nSPS) is 19.9. The van der Waals surface area contributed by atoms with Gasteiger partial charge in [0.05, 0.1) is 0 Å². The highest BCUT2D eigenvalue weighted by Crippen LogP contribution is 2.22. The lowest BCUT2D eigenvalue weighted by Crippen LogP contribution is -2.38. The van der Waals surface area contributed by atoms with Crippen molar-refractivity contribution in [2.45, 2.75) is 19.8 Å². The number of carbonyl (C=O) groups excluding carboxylic acids is 1. The Morgan fingerprint density at radius 2 is 2.21 bits per heavy atom. The first-order chi connectivity index (χ1) is 9.06. The predicted octanol–water partition coefficient (Wildman–Crippen LogP) is 4.27. The van der Waals surface area contributed by atoms with E-state index in [1.165, 1.54) is 6.42 Å². The number of likely N-dealkylation sites (tertiary alicyclic amines) is 1. The van der Waals surface area contributed by atoms with Crippen LogP contribution in [0.25, 0.3) is 6.08 Å². The molecule has 1 aromatic carbocycles. The van der Waals surface area contributed by atoms with Crippen LogP contribution in [0.15, 0.2) is 24.3 Å². The minimum Gasteiger partial charge on any atom is -0.339 e. The smallest absolute Gasteiger partial charge is 0.246 e. The number of rotatable bonds is 2.